The minimum absolute atomic E-state index is 0.176. The highest BCUT2D eigenvalue weighted by Crippen LogP contribution is 2.34. The van der Waals surface area contributed by atoms with E-state index in [1.54, 1.807) is 18.1 Å². The highest BCUT2D eigenvalue weighted by Gasteiger charge is 2.46. The number of nitrogens with zero attached hydrogens (tertiary/aromatic N) is 4. The number of urea groups is 1. The van der Waals surface area contributed by atoms with E-state index in [4.69, 9.17) is 0 Å². The summed E-state index contributed by atoms with van der Waals surface area (Å²) in [7, 11) is 1.65. The third-order valence-electron chi connectivity index (χ3n) is 5.53. The molecule has 7 nitrogen and oxygen atoms in total. The molecule has 7 heteroatoms. The van der Waals surface area contributed by atoms with Gasteiger partial charge < -0.3 is 19.8 Å². The maximum absolute atomic E-state index is 12.9. The Morgan fingerprint density at radius 3 is 2.36 bits per heavy atom. The lowest BCUT2D eigenvalue weighted by molar-refractivity contribution is -0.151. The van der Waals surface area contributed by atoms with Gasteiger partial charge in [0.15, 0.2) is 0 Å². The van der Waals surface area contributed by atoms with Gasteiger partial charge in [-0.15, -0.1) is 0 Å². The second-order valence-corrected chi connectivity index (χ2v) is 6.90. The largest absolute Gasteiger partial charge is 0.479 e. The van der Waals surface area contributed by atoms with E-state index in [9.17, 15) is 14.7 Å². The molecule has 136 valence electrons. The topological polar surface area (TPSA) is 77.0 Å². The zero-order valence-corrected chi connectivity index (χ0v) is 14.7. The zero-order valence-electron chi connectivity index (χ0n) is 14.7. The van der Waals surface area contributed by atoms with E-state index >= 15 is 0 Å². The molecule has 2 aliphatic rings. The molecule has 2 heterocycles. The summed E-state index contributed by atoms with van der Waals surface area (Å²) in [6, 6.07) is 5.62. The zero-order chi connectivity index (χ0) is 17.9. The van der Waals surface area contributed by atoms with Crippen LogP contribution < -0.4 is 4.90 Å². The summed E-state index contributed by atoms with van der Waals surface area (Å²) in [6.07, 6.45) is 5.60. The molecule has 25 heavy (non-hydrogen) atoms. The lowest BCUT2D eigenvalue weighted by Gasteiger charge is -2.44. The Kier molecular flexibility index (Phi) is 5.11. The summed E-state index contributed by atoms with van der Waals surface area (Å²) >= 11 is 0. The first-order valence-electron chi connectivity index (χ1n) is 8.97. The molecule has 1 saturated heterocycles. The van der Waals surface area contributed by atoms with Crippen LogP contribution in [0, 0.1) is 0 Å². The first kappa shape index (κ1) is 17.5. The molecular formula is C18H26N4O3. The standard InChI is InChI=1S/C18H26N4O3/c1-20(18(16(23)24)8-4-2-5-9-18)17(25)22-13-11-21(12-14-22)15-7-3-6-10-19-15/h3,6-7,10H,2,4-5,8-9,11-14H2,1H3,(H,23,24). The van der Waals surface area contributed by atoms with Crippen LogP contribution in [-0.4, -0.2) is 70.7 Å². The predicted molar refractivity (Wildman–Crippen MR) is 94.6 cm³/mol. The van der Waals surface area contributed by atoms with Crippen molar-refractivity contribution in [3.05, 3.63) is 24.4 Å². The summed E-state index contributed by atoms with van der Waals surface area (Å²) in [4.78, 5) is 34.6. The van der Waals surface area contributed by atoms with Crippen molar-refractivity contribution in [2.24, 2.45) is 0 Å². The number of rotatable bonds is 3. The normalized spacial score (nSPS) is 20.2. The molecule has 0 atom stereocenters. The molecule has 2 amide bonds. The number of amides is 2. The fraction of sp³-hybridized carbons (Fsp3) is 0.611. The summed E-state index contributed by atoms with van der Waals surface area (Å²) in [6.45, 7) is 2.57. The summed E-state index contributed by atoms with van der Waals surface area (Å²) < 4.78 is 0. The second kappa shape index (κ2) is 7.29. The van der Waals surface area contributed by atoms with Gasteiger partial charge in [-0.05, 0) is 25.0 Å². The van der Waals surface area contributed by atoms with Crippen LogP contribution in [0.5, 0.6) is 0 Å². The van der Waals surface area contributed by atoms with Crippen molar-refractivity contribution >= 4 is 17.8 Å². The lowest BCUT2D eigenvalue weighted by Crippen LogP contribution is -2.61. The van der Waals surface area contributed by atoms with Crippen molar-refractivity contribution in [3.63, 3.8) is 0 Å². The van der Waals surface area contributed by atoms with E-state index in [0.717, 1.165) is 25.1 Å². The van der Waals surface area contributed by atoms with Gasteiger partial charge in [0.05, 0.1) is 0 Å². The molecule has 1 saturated carbocycles. The van der Waals surface area contributed by atoms with Crippen LogP contribution in [0.4, 0.5) is 10.6 Å². The number of carbonyl (C=O) groups excluding carboxylic acids is 1. The molecule has 1 aromatic heterocycles. The van der Waals surface area contributed by atoms with Gasteiger partial charge >= 0.3 is 12.0 Å². The Balaban J connectivity index is 1.64. The number of anilines is 1. The highest BCUT2D eigenvalue weighted by atomic mass is 16.4. The molecule has 0 bridgehead atoms. The Labute approximate surface area is 148 Å². The monoisotopic (exact) mass is 346 g/mol. The average Bonchev–Trinajstić information content (AvgIpc) is 2.68. The van der Waals surface area contributed by atoms with Crippen LogP contribution >= 0.6 is 0 Å². The van der Waals surface area contributed by atoms with E-state index < -0.39 is 11.5 Å². The van der Waals surface area contributed by atoms with Crippen molar-refractivity contribution < 1.29 is 14.7 Å². The van der Waals surface area contributed by atoms with Crippen molar-refractivity contribution in [3.8, 4) is 0 Å². The number of aliphatic carboxylic acids is 1. The molecule has 3 rings (SSSR count). The van der Waals surface area contributed by atoms with Gasteiger partial charge in [0.25, 0.3) is 0 Å². The molecule has 1 aliphatic heterocycles. The number of carboxylic acid groups (broad SMARTS) is 1. The second-order valence-electron chi connectivity index (χ2n) is 6.90. The molecule has 1 aromatic rings. The van der Waals surface area contributed by atoms with Gasteiger partial charge in [0.1, 0.15) is 11.4 Å². The van der Waals surface area contributed by atoms with Crippen LogP contribution in [0.1, 0.15) is 32.1 Å². The fourth-order valence-corrected chi connectivity index (χ4v) is 3.89. The Hall–Kier alpha value is -2.31. The number of carbonyl (C=O) groups is 2. The number of carboxylic acids is 1. The molecule has 1 N–H and O–H groups in total. The van der Waals surface area contributed by atoms with Crippen molar-refractivity contribution in [1.29, 1.82) is 0 Å². The van der Waals surface area contributed by atoms with Gasteiger partial charge in [-0.3, -0.25) is 0 Å². The van der Waals surface area contributed by atoms with Gasteiger partial charge in [0, 0.05) is 39.4 Å². The first-order valence-corrected chi connectivity index (χ1v) is 8.97. The molecule has 2 fully saturated rings. The quantitative estimate of drug-likeness (QED) is 0.906. The van der Waals surface area contributed by atoms with Gasteiger partial charge in [-0.1, -0.05) is 25.3 Å². The van der Waals surface area contributed by atoms with Gasteiger partial charge in [0.2, 0.25) is 0 Å². The average molecular weight is 346 g/mol. The minimum atomic E-state index is -1.05. The number of pyridine rings is 1. The maximum atomic E-state index is 12.9. The molecular weight excluding hydrogens is 320 g/mol. The van der Waals surface area contributed by atoms with Crippen LogP contribution in [-0.2, 0) is 4.79 Å². The number of hydrogen-bond donors (Lipinski definition) is 1. The van der Waals surface area contributed by atoms with E-state index in [2.05, 4.69) is 9.88 Å². The SMILES string of the molecule is CN(C(=O)N1CCN(c2ccccn2)CC1)C1(C(=O)O)CCCCC1. The number of piperazine rings is 1. The molecule has 0 aromatic carbocycles. The number of hydrogen-bond acceptors (Lipinski definition) is 4. The minimum Gasteiger partial charge on any atom is -0.479 e. The number of aromatic nitrogens is 1. The van der Waals surface area contributed by atoms with Crippen LogP contribution in [0.3, 0.4) is 0 Å². The van der Waals surface area contributed by atoms with Crippen molar-refractivity contribution in [2.45, 2.75) is 37.6 Å². The van der Waals surface area contributed by atoms with Crippen LogP contribution in [0.15, 0.2) is 24.4 Å². The lowest BCUT2D eigenvalue weighted by atomic mass is 9.80. The Bertz CT molecular complexity index is 608. The third kappa shape index (κ3) is 3.41. The van der Waals surface area contributed by atoms with E-state index in [-0.39, 0.29) is 6.03 Å². The smallest absolute Gasteiger partial charge is 0.329 e. The Morgan fingerprint density at radius 2 is 1.80 bits per heavy atom. The maximum Gasteiger partial charge on any atom is 0.329 e. The summed E-state index contributed by atoms with van der Waals surface area (Å²) in [5, 5.41) is 9.77. The van der Waals surface area contributed by atoms with E-state index in [0.29, 0.717) is 39.0 Å². The van der Waals surface area contributed by atoms with Crippen LogP contribution in [0.25, 0.3) is 0 Å². The molecule has 0 unspecified atom stereocenters. The highest BCUT2D eigenvalue weighted by molar-refractivity contribution is 5.86. The Morgan fingerprint density at radius 1 is 1.12 bits per heavy atom. The van der Waals surface area contributed by atoms with E-state index in [1.165, 1.54) is 4.90 Å². The van der Waals surface area contributed by atoms with E-state index in [1.807, 2.05) is 18.2 Å². The summed E-state index contributed by atoms with van der Waals surface area (Å²) in [5.41, 5.74) is -1.05. The first-order chi connectivity index (χ1) is 12.0. The predicted octanol–water partition coefficient (Wildman–Crippen LogP) is 2.04. The van der Waals surface area contributed by atoms with Crippen molar-refractivity contribution in [2.75, 3.05) is 38.1 Å². The molecule has 0 spiro atoms. The fourth-order valence-electron chi connectivity index (χ4n) is 3.89. The molecule has 1 aliphatic carbocycles. The summed E-state index contributed by atoms with van der Waals surface area (Å²) in [5.74, 6) is 0.0346. The van der Waals surface area contributed by atoms with Gasteiger partial charge in [-0.25, -0.2) is 14.6 Å². The molecule has 0 radical (unpaired) electrons. The van der Waals surface area contributed by atoms with Crippen LogP contribution in [0.2, 0.25) is 0 Å². The van der Waals surface area contributed by atoms with Crippen molar-refractivity contribution in [1.82, 2.24) is 14.8 Å². The third-order valence-corrected chi connectivity index (χ3v) is 5.53. The van der Waals surface area contributed by atoms with Gasteiger partial charge in [-0.2, -0.15) is 0 Å². The number of likely N-dealkylation sites (N-methyl/N-ethyl adjacent to an activating group) is 1.